The van der Waals surface area contributed by atoms with Gasteiger partial charge in [0.25, 0.3) is 0 Å². The zero-order chi connectivity index (χ0) is 19.6. The summed E-state index contributed by atoms with van der Waals surface area (Å²) in [5.74, 6) is 1.67. The van der Waals surface area contributed by atoms with Gasteiger partial charge in [-0.15, -0.1) is 24.0 Å². The molecular weight excluding hydrogens is 475 g/mol. The lowest BCUT2D eigenvalue weighted by Crippen LogP contribution is -2.41. The van der Waals surface area contributed by atoms with Crippen LogP contribution in [0.4, 0.5) is 0 Å². The molecule has 0 spiro atoms. The number of nitrogens with zero attached hydrogens (tertiary/aromatic N) is 2. The number of rotatable bonds is 8. The first-order chi connectivity index (χ1) is 13.7. The number of ether oxygens (including phenoxy) is 1. The first-order valence-corrected chi connectivity index (χ1v) is 10.2. The van der Waals surface area contributed by atoms with Gasteiger partial charge in [0.15, 0.2) is 5.96 Å². The van der Waals surface area contributed by atoms with Crippen molar-refractivity contribution in [1.29, 1.82) is 0 Å². The van der Waals surface area contributed by atoms with E-state index in [0.717, 1.165) is 24.8 Å². The first-order valence-electron chi connectivity index (χ1n) is 10.2. The highest BCUT2D eigenvalue weighted by molar-refractivity contribution is 14.0. The second-order valence-electron chi connectivity index (χ2n) is 7.35. The minimum atomic E-state index is 0. The number of hydrogen-bond acceptors (Lipinski definition) is 3. The smallest absolute Gasteiger partial charge is 0.191 e. The summed E-state index contributed by atoms with van der Waals surface area (Å²) in [4.78, 5) is 6.83. The van der Waals surface area contributed by atoms with Crippen LogP contribution in [0.25, 0.3) is 0 Å². The largest absolute Gasteiger partial charge is 0.489 e. The monoisotopic (exact) mass is 508 g/mol. The summed E-state index contributed by atoms with van der Waals surface area (Å²) in [6, 6.07) is 18.8. The van der Waals surface area contributed by atoms with Crippen molar-refractivity contribution in [3.63, 3.8) is 0 Å². The third-order valence-electron chi connectivity index (χ3n) is 4.95. The molecule has 1 heterocycles. The van der Waals surface area contributed by atoms with E-state index in [1.807, 2.05) is 37.3 Å². The van der Waals surface area contributed by atoms with Gasteiger partial charge in [-0.3, -0.25) is 9.89 Å². The van der Waals surface area contributed by atoms with Gasteiger partial charge in [-0.05, 0) is 56.1 Å². The Labute approximate surface area is 192 Å². The van der Waals surface area contributed by atoms with E-state index >= 15 is 0 Å². The maximum absolute atomic E-state index is 5.89. The fraction of sp³-hybridized carbons (Fsp3) is 0.435. The number of para-hydroxylation sites is 1. The average molecular weight is 508 g/mol. The number of hydrogen-bond donors (Lipinski definition) is 2. The van der Waals surface area contributed by atoms with Crippen LogP contribution in [-0.4, -0.2) is 43.6 Å². The highest BCUT2D eigenvalue weighted by Crippen LogP contribution is 2.13. The summed E-state index contributed by atoms with van der Waals surface area (Å²) < 4.78 is 5.89. The Hall–Kier alpha value is -1.80. The van der Waals surface area contributed by atoms with Crippen LogP contribution in [0, 0.1) is 0 Å². The molecule has 3 rings (SSSR count). The molecule has 1 fully saturated rings. The van der Waals surface area contributed by atoms with Gasteiger partial charge in [0.05, 0.1) is 6.54 Å². The standard InChI is InChI=1S/C23H32N4O.HI/c1-19(28-22-8-4-3-5-9-22)16-25-23(24-2)26-17-20-10-12-21(13-11-20)18-27-14-6-7-15-27;/h3-5,8-13,19H,6-7,14-18H2,1-2H3,(H2,24,25,26);1H. The molecule has 1 aliphatic rings. The van der Waals surface area contributed by atoms with Gasteiger partial charge in [0, 0.05) is 20.1 Å². The maximum Gasteiger partial charge on any atom is 0.191 e. The van der Waals surface area contributed by atoms with Crippen LogP contribution in [-0.2, 0) is 13.1 Å². The number of likely N-dealkylation sites (tertiary alicyclic amines) is 1. The summed E-state index contributed by atoms with van der Waals surface area (Å²) in [6.45, 7) is 7.01. The summed E-state index contributed by atoms with van der Waals surface area (Å²) in [5.41, 5.74) is 2.64. The molecule has 2 aromatic carbocycles. The summed E-state index contributed by atoms with van der Waals surface area (Å²) in [7, 11) is 1.79. The molecular formula is C23H33IN4O. The number of benzene rings is 2. The number of halogens is 1. The SMILES string of the molecule is CN=C(NCc1ccc(CN2CCCC2)cc1)NCC(C)Oc1ccccc1.I. The van der Waals surface area contributed by atoms with Crippen molar-refractivity contribution < 1.29 is 4.74 Å². The molecule has 2 aromatic rings. The zero-order valence-corrected chi connectivity index (χ0v) is 19.8. The Balaban J connectivity index is 0.00000300. The minimum absolute atomic E-state index is 0. The molecule has 0 radical (unpaired) electrons. The molecule has 0 aliphatic carbocycles. The Kier molecular flexibility index (Phi) is 10.3. The van der Waals surface area contributed by atoms with Crippen molar-refractivity contribution >= 4 is 29.9 Å². The van der Waals surface area contributed by atoms with E-state index in [0.29, 0.717) is 6.54 Å². The van der Waals surface area contributed by atoms with E-state index in [1.165, 1.54) is 37.1 Å². The lowest BCUT2D eigenvalue weighted by molar-refractivity contribution is 0.224. The fourth-order valence-electron chi connectivity index (χ4n) is 3.38. The predicted molar refractivity (Wildman–Crippen MR) is 131 cm³/mol. The molecule has 2 N–H and O–H groups in total. The van der Waals surface area contributed by atoms with Gasteiger partial charge in [-0.2, -0.15) is 0 Å². The molecule has 1 atom stereocenters. The van der Waals surface area contributed by atoms with Crippen LogP contribution < -0.4 is 15.4 Å². The van der Waals surface area contributed by atoms with Gasteiger partial charge in [-0.25, -0.2) is 0 Å². The zero-order valence-electron chi connectivity index (χ0n) is 17.4. The summed E-state index contributed by atoms with van der Waals surface area (Å²) in [5, 5.41) is 6.70. The van der Waals surface area contributed by atoms with Crippen LogP contribution >= 0.6 is 24.0 Å². The van der Waals surface area contributed by atoms with Gasteiger partial charge >= 0.3 is 0 Å². The van der Waals surface area contributed by atoms with Crippen molar-refractivity contribution in [2.75, 3.05) is 26.7 Å². The number of guanidine groups is 1. The van der Waals surface area contributed by atoms with Crippen molar-refractivity contribution in [2.24, 2.45) is 4.99 Å². The fourth-order valence-corrected chi connectivity index (χ4v) is 3.38. The van der Waals surface area contributed by atoms with E-state index in [-0.39, 0.29) is 30.1 Å². The highest BCUT2D eigenvalue weighted by Gasteiger charge is 2.11. The molecule has 0 saturated carbocycles. The van der Waals surface area contributed by atoms with Crippen molar-refractivity contribution in [3.8, 4) is 5.75 Å². The highest BCUT2D eigenvalue weighted by atomic mass is 127. The van der Waals surface area contributed by atoms with Gasteiger partial charge in [0.1, 0.15) is 11.9 Å². The van der Waals surface area contributed by atoms with Crippen molar-refractivity contribution in [3.05, 3.63) is 65.7 Å². The topological polar surface area (TPSA) is 48.9 Å². The van der Waals surface area contributed by atoms with E-state index in [4.69, 9.17) is 4.74 Å². The van der Waals surface area contributed by atoms with E-state index in [1.54, 1.807) is 7.05 Å². The average Bonchev–Trinajstić information content (AvgIpc) is 3.23. The van der Waals surface area contributed by atoms with Gasteiger partial charge in [0.2, 0.25) is 0 Å². The van der Waals surface area contributed by atoms with E-state index in [9.17, 15) is 0 Å². The molecule has 29 heavy (non-hydrogen) atoms. The lowest BCUT2D eigenvalue weighted by Gasteiger charge is -2.18. The van der Waals surface area contributed by atoms with Gasteiger partial charge in [-0.1, -0.05) is 42.5 Å². The molecule has 5 nitrogen and oxygen atoms in total. The first kappa shape index (κ1) is 23.5. The molecule has 0 bridgehead atoms. The van der Waals surface area contributed by atoms with Crippen LogP contribution in [0.1, 0.15) is 30.9 Å². The predicted octanol–water partition coefficient (Wildman–Crippen LogP) is 4.03. The molecule has 158 valence electrons. The molecule has 0 aromatic heterocycles. The Morgan fingerprint density at radius 2 is 1.66 bits per heavy atom. The molecule has 1 saturated heterocycles. The minimum Gasteiger partial charge on any atom is -0.489 e. The summed E-state index contributed by atoms with van der Waals surface area (Å²) in [6.07, 6.45) is 2.72. The Morgan fingerprint density at radius 1 is 1.00 bits per heavy atom. The van der Waals surface area contributed by atoms with Crippen molar-refractivity contribution in [1.82, 2.24) is 15.5 Å². The quantitative estimate of drug-likeness (QED) is 0.321. The lowest BCUT2D eigenvalue weighted by atomic mass is 10.1. The van der Waals surface area contributed by atoms with Crippen LogP contribution in [0.3, 0.4) is 0 Å². The third-order valence-corrected chi connectivity index (χ3v) is 4.95. The van der Waals surface area contributed by atoms with Crippen molar-refractivity contribution in [2.45, 2.75) is 39.0 Å². The Morgan fingerprint density at radius 3 is 2.31 bits per heavy atom. The normalized spacial score (nSPS) is 15.4. The third kappa shape index (κ3) is 8.22. The van der Waals surface area contributed by atoms with E-state index in [2.05, 4.69) is 44.8 Å². The second-order valence-corrected chi connectivity index (χ2v) is 7.35. The van der Waals surface area contributed by atoms with Crippen LogP contribution in [0.15, 0.2) is 59.6 Å². The molecule has 1 aliphatic heterocycles. The number of nitrogens with one attached hydrogen (secondary N) is 2. The molecule has 6 heteroatoms. The van der Waals surface area contributed by atoms with Crippen LogP contribution in [0.2, 0.25) is 0 Å². The summed E-state index contributed by atoms with van der Waals surface area (Å²) >= 11 is 0. The van der Waals surface area contributed by atoms with E-state index < -0.39 is 0 Å². The molecule has 1 unspecified atom stereocenters. The van der Waals surface area contributed by atoms with Gasteiger partial charge < -0.3 is 15.4 Å². The maximum atomic E-state index is 5.89. The number of aliphatic imine (C=N–C) groups is 1. The second kappa shape index (κ2) is 12.7. The Bertz CT molecular complexity index is 730. The molecule has 0 amide bonds. The van der Waals surface area contributed by atoms with Crippen LogP contribution in [0.5, 0.6) is 5.75 Å².